The van der Waals surface area contributed by atoms with Crippen molar-refractivity contribution in [1.82, 2.24) is 20.1 Å². The topological polar surface area (TPSA) is 78.3 Å². The average Bonchev–Trinajstić information content (AvgIpc) is 3.17. The summed E-state index contributed by atoms with van der Waals surface area (Å²) in [6.45, 7) is 1.21. The Morgan fingerprint density at radius 1 is 1.12 bits per heavy atom. The van der Waals surface area contributed by atoms with Crippen LogP contribution in [0.3, 0.4) is 0 Å². The predicted molar refractivity (Wildman–Crippen MR) is 94.8 cm³/mol. The Morgan fingerprint density at radius 2 is 1.96 bits per heavy atom. The molecule has 1 amide bonds. The molecule has 7 heteroatoms. The molecule has 1 aliphatic heterocycles. The zero-order valence-electron chi connectivity index (χ0n) is 14.0. The lowest BCUT2D eigenvalue weighted by Crippen LogP contribution is -2.44. The number of nitrogens with zero attached hydrogens (tertiary/aromatic N) is 3. The van der Waals surface area contributed by atoms with E-state index in [1.807, 2.05) is 48.7 Å². The molecule has 3 heterocycles. The summed E-state index contributed by atoms with van der Waals surface area (Å²) in [5.41, 5.74) is 1.62. The molecule has 3 aromatic rings. The molecule has 1 unspecified atom stereocenters. The highest BCUT2D eigenvalue weighted by Crippen LogP contribution is 2.30. The van der Waals surface area contributed by atoms with Gasteiger partial charge in [-0.1, -0.05) is 18.2 Å². The average molecular weight is 350 g/mol. The van der Waals surface area contributed by atoms with E-state index in [0.29, 0.717) is 24.6 Å². The molecular weight excluding hydrogens is 332 g/mol. The molecule has 1 atom stereocenters. The molecule has 0 aliphatic carbocycles. The zero-order valence-corrected chi connectivity index (χ0v) is 14.0. The number of carbonyl (C=O) groups is 1. The van der Waals surface area contributed by atoms with Crippen molar-refractivity contribution in [3.05, 3.63) is 60.9 Å². The molecule has 132 valence electrons. The molecule has 26 heavy (non-hydrogen) atoms. The third-order valence-corrected chi connectivity index (χ3v) is 4.01. The maximum atomic E-state index is 12.3. The first-order chi connectivity index (χ1) is 12.8. The fourth-order valence-electron chi connectivity index (χ4n) is 2.69. The lowest BCUT2D eigenvalue weighted by molar-refractivity contribution is -0.130. The van der Waals surface area contributed by atoms with Crippen molar-refractivity contribution >= 4 is 5.91 Å². The maximum Gasteiger partial charge on any atom is 0.264 e. The number of hydrogen-bond donors (Lipinski definition) is 1. The minimum absolute atomic E-state index is 0.198. The molecule has 1 aromatic carbocycles. The van der Waals surface area contributed by atoms with Gasteiger partial charge in [-0.3, -0.25) is 14.5 Å². The number of aromatic nitrogens is 3. The van der Waals surface area contributed by atoms with E-state index in [-0.39, 0.29) is 12.5 Å². The third kappa shape index (κ3) is 3.51. The van der Waals surface area contributed by atoms with Gasteiger partial charge in [-0.05, 0) is 30.3 Å². The van der Waals surface area contributed by atoms with Crippen LogP contribution in [0.1, 0.15) is 0 Å². The van der Waals surface area contributed by atoms with Gasteiger partial charge in [0.25, 0.3) is 5.91 Å². The summed E-state index contributed by atoms with van der Waals surface area (Å²) in [5, 5.41) is 7.33. The van der Waals surface area contributed by atoms with Crippen LogP contribution in [0.5, 0.6) is 11.5 Å². The van der Waals surface area contributed by atoms with E-state index in [2.05, 4.69) is 15.4 Å². The number of hydrogen-bond acceptors (Lipinski definition) is 5. The van der Waals surface area contributed by atoms with Gasteiger partial charge < -0.3 is 14.8 Å². The molecule has 2 aromatic heterocycles. The molecule has 7 nitrogen and oxygen atoms in total. The van der Waals surface area contributed by atoms with Crippen molar-refractivity contribution in [3.63, 3.8) is 0 Å². The van der Waals surface area contributed by atoms with Crippen molar-refractivity contribution in [1.29, 1.82) is 0 Å². The van der Waals surface area contributed by atoms with Crippen LogP contribution < -0.4 is 14.8 Å². The fourth-order valence-corrected chi connectivity index (χ4v) is 2.69. The predicted octanol–water partition coefficient (Wildman–Crippen LogP) is 1.90. The lowest BCUT2D eigenvalue weighted by Gasteiger charge is -2.25. The first kappa shape index (κ1) is 16.1. The number of pyridine rings is 1. The number of ether oxygens (including phenoxy) is 2. The Kier molecular flexibility index (Phi) is 4.51. The Balaban J connectivity index is 1.29. The summed E-state index contributed by atoms with van der Waals surface area (Å²) in [4.78, 5) is 16.5. The molecule has 1 N–H and O–H groups in total. The Hall–Kier alpha value is -3.35. The van der Waals surface area contributed by atoms with Gasteiger partial charge in [-0.25, -0.2) is 0 Å². The molecular formula is C19H18N4O3. The number of benzene rings is 1. The summed E-state index contributed by atoms with van der Waals surface area (Å²) >= 11 is 0. The number of nitrogens with one attached hydrogen (secondary N) is 1. The van der Waals surface area contributed by atoms with Crippen molar-refractivity contribution < 1.29 is 14.3 Å². The van der Waals surface area contributed by atoms with Gasteiger partial charge in [0.15, 0.2) is 11.5 Å². The quantitative estimate of drug-likeness (QED) is 0.760. The number of para-hydroxylation sites is 2. The van der Waals surface area contributed by atoms with Gasteiger partial charge in [0.05, 0.1) is 12.2 Å². The second-order valence-electron chi connectivity index (χ2n) is 5.83. The van der Waals surface area contributed by atoms with Gasteiger partial charge in [-0.2, -0.15) is 5.10 Å². The van der Waals surface area contributed by atoms with Crippen LogP contribution in [0.25, 0.3) is 11.4 Å². The SMILES string of the molecule is O=C(NCCn1ccc(-c2ccccn2)n1)C1COc2ccccc2O1. The largest absolute Gasteiger partial charge is 0.485 e. The van der Waals surface area contributed by atoms with Crippen molar-refractivity contribution in [2.75, 3.05) is 13.2 Å². The van der Waals surface area contributed by atoms with Gasteiger partial charge >= 0.3 is 0 Å². The second kappa shape index (κ2) is 7.26. The van der Waals surface area contributed by atoms with E-state index >= 15 is 0 Å². The third-order valence-electron chi connectivity index (χ3n) is 4.01. The van der Waals surface area contributed by atoms with Gasteiger partial charge in [0, 0.05) is 18.9 Å². The van der Waals surface area contributed by atoms with Crippen LogP contribution in [0.4, 0.5) is 0 Å². The molecule has 4 rings (SSSR count). The number of rotatable bonds is 5. The highest BCUT2D eigenvalue weighted by Gasteiger charge is 2.26. The fraction of sp³-hybridized carbons (Fsp3) is 0.211. The highest BCUT2D eigenvalue weighted by atomic mass is 16.6. The van der Waals surface area contributed by atoms with Crippen LogP contribution in [0, 0.1) is 0 Å². The van der Waals surface area contributed by atoms with Crippen LogP contribution in [0.2, 0.25) is 0 Å². The molecule has 1 aliphatic rings. The van der Waals surface area contributed by atoms with E-state index in [1.54, 1.807) is 16.9 Å². The summed E-state index contributed by atoms with van der Waals surface area (Å²) in [5.74, 6) is 1.05. The van der Waals surface area contributed by atoms with E-state index in [4.69, 9.17) is 9.47 Å². The van der Waals surface area contributed by atoms with Crippen LogP contribution in [-0.2, 0) is 11.3 Å². The molecule has 0 bridgehead atoms. The number of amides is 1. The second-order valence-corrected chi connectivity index (χ2v) is 5.83. The minimum Gasteiger partial charge on any atom is -0.485 e. The standard InChI is InChI=1S/C19H18N4O3/c24-19(18-13-25-16-6-1-2-7-17(16)26-18)21-10-12-23-11-8-15(22-23)14-5-3-4-9-20-14/h1-9,11,18H,10,12-13H2,(H,21,24). The summed E-state index contributed by atoms with van der Waals surface area (Å²) < 4.78 is 13.0. The number of fused-ring (bicyclic) bond motifs is 1. The zero-order chi connectivity index (χ0) is 17.8. The molecule has 0 saturated heterocycles. The first-order valence-electron chi connectivity index (χ1n) is 8.41. The lowest BCUT2D eigenvalue weighted by atomic mass is 10.2. The Morgan fingerprint density at radius 3 is 2.81 bits per heavy atom. The number of carbonyl (C=O) groups excluding carboxylic acids is 1. The highest BCUT2D eigenvalue weighted by molar-refractivity contribution is 5.81. The molecule has 0 fully saturated rings. The molecule has 0 radical (unpaired) electrons. The Bertz CT molecular complexity index is 895. The normalized spacial score (nSPS) is 15.5. The van der Waals surface area contributed by atoms with E-state index in [1.165, 1.54) is 0 Å². The van der Waals surface area contributed by atoms with Gasteiger partial charge in [0.1, 0.15) is 12.3 Å². The monoisotopic (exact) mass is 350 g/mol. The summed E-state index contributed by atoms with van der Waals surface area (Å²) in [6.07, 6.45) is 2.96. The summed E-state index contributed by atoms with van der Waals surface area (Å²) in [7, 11) is 0. The van der Waals surface area contributed by atoms with E-state index in [0.717, 1.165) is 11.4 Å². The summed E-state index contributed by atoms with van der Waals surface area (Å²) in [6, 6.07) is 14.9. The first-order valence-corrected chi connectivity index (χ1v) is 8.41. The van der Waals surface area contributed by atoms with Crippen molar-refractivity contribution in [3.8, 4) is 22.9 Å². The van der Waals surface area contributed by atoms with Crippen molar-refractivity contribution in [2.24, 2.45) is 0 Å². The van der Waals surface area contributed by atoms with Gasteiger partial charge in [-0.15, -0.1) is 0 Å². The van der Waals surface area contributed by atoms with Gasteiger partial charge in [0.2, 0.25) is 6.10 Å². The minimum atomic E-state index is -0.647. The van der Waals surface area contributed by atoms with E-state index in [9.17, 15) is 4.79 Å². The Labute approximate surface area is 150 Å². The molecule has 0 spiro atoms. The van der Waals surface area contributed by atoms with Crippen molar-refractivity contribution in [2.45, 2.75) is 12.6 Å². The maximum absolute atomic E-state index is 12.3. The van der Waals surface area contributed by atoms with Crippen LogP contribution in [-0.4, -0.2) is 39.9 Å². The molecule has 0 saturated carbocycles. The van der Waals surface area contributed by atoms with E-state index < -0.39 is 6.10 Å². The smallest absolute Gasteiger partial charge is 0.264 e. The van der Waals surface area contributed by atoms with Crippen LogP contribution >= 0.6 is 0 Å². The van der Waals surface area contributed by atoms with Crippen LogP contribution in [0.15, 0.2) is 60.9 Å².